The summed E-state index contributed by atoms with van der Waals surface area (Å²) in [6.07, 6.45) is -0.171. The zero-order valence-corrected chi connectivity index (χ0v) is 13.6. The van der Waals surface area contributed by atoms with E-state index in [4.69, 9.17) is 16.0 Å². The zero-order chi connectivity index (χ0) is 18.3. The van der Waals surface area contributed by atoms with Crippen molar-refractivity contribution in [2.45, 2.75) is 13.3 Å². The van der Waals surface area contributed by atoms with Crippen LogP contribution in [0.4, 0.5) is 10.1 Å². The van der Waals surface area contributed by atoms with Crippen LogP contribution in [-0.4, -0.2) is 10.0 Å². The number of hydrogen-bond donors (Lipinski definition) is 1. The van der Waals surface area contributed by atoms with Crippen molar-refractivity contribution in [2.24, 2.45) is 0 Å². The van der Waals surface area contributed by atoms with Crippen LogP contribution in [0, 0.1) is 22.9 Å². The summed E-state index contributed by atoms with van der Waals surface area (Å²) in [5, 5.41) is 21.0. The molecule has 1 heterocycles. The summed E-state index contributed by atoms with van der Waals surface area (Å²) in [6.45, 7) is 1.64. The van der Waals surface area contributed by atoms with E-state index in [1.54, 1.807) is 6.92 Å². The summed E-state index contributed by atoms with van der Waals surface area (Å²) in [6, 6.07) is 6.44. The minimum atomic E-state index is -0.991. The van der Waals surface area contributed by atoms with Crippen LogP contribution in [-0.2, 0) is 6.42 Å². The van der Waals surface area contributed by atoms with Crippen molar-refractivity contribution in [3.63, 3.8) is 0 Å². The van der Waals surface area contributed by atoms with Crippen LogP contribution in [0.1, 0.15) is 16.7 Å². The fourth-order valence-electron chi connectivity index (χ4n) is 2.64. The van der Waals surface area contributed by atoms with Gasteiger partial charge in [-0.15, -0.1) is 0 Å². The van der Waals surface area contributed by atoms with Gasteiger partial charge in [0.25, 0.3) is 0 Å². The van der Waals surface area contributed by atoms with Gasteiger partial charge in [0.1, 0.15) is 11.3 Å². The zero-order valence-electron chi connectivity index (χ0n) is 12.9. The van der Waals surface area contributed by atoms with Gasteiger partial charge in [0, 0.05) is 29.5 Å². The monoisotopic (exact) mass is 363 g/mol. The molecule has 0 atom stereocenters. The lowest BCUT2D eigenvalue weighted by molar-refractivity contribution is -0.387. The van der Waals surface area contributed by atoms with Gasteiger partial charge in [-0.05, 0) is 24.1 Å². The summed E-state index contributed by atoms with van der Waals surface area (Å²) >= 11 is 5.89. The molecular formula is C17H11ClFNO5. The average molecular weight is 364 g/mol. The summed E-state index contributed by atoms with van der Waals surface area (Å²) in [7, 11) is 0. The minimum Gasteiger partial charge on any atom is -0.506 e. The molecule has 3 aromatic rings. The van der Waals surface area contributed by atoms with Gasteiger partial charge < -0.3 is 9.52 Å². The SMILES string of the molecule is Cc1c(Cc2cccc([N+](=O)[O-])c2F)c(=O)oc2cc(O)c(Cl)cc12. The molecule has 0 unspecified atom stereocenters. The first-order valence-corrected chi connectivity index (χ1v) is 7.54. The molecule has 2 aromatic carbocycles. The van der Waals surface area contributed by atoms with Crippen LogP contribution >= 0.6 is 11.6 Å². The molecule has 0 aliphatic rings. The minimum absolute atomic E-state index is 0.00817. The highest BCUT2D eigenvalue weighted by Gasteiger charge is 2.20. The first kappa shape index (κ1) is 16.9. The van der Waals surface area contributed by atoms with E-state index in [1.165, 1.54) is 24.3 Å². The third kappa shape index (κ3) is 2.94. The molecule has 0 amide bonds. The molecule has 0 saturated heterocycles. The average Bonchev–Trinajstić information content (AvgIpc) is 2.55. The number of halogens is 2. The molecule has 0 aliphatic carbocycles. The molecule has 1 aromatic heterocycles. The number of phenols is 1. The lowest BCUT2D eigenvalue weighted by atomic mass is 9.99. The number of nitro benzene ring substituents is 1. The summed E-state index contributed by atoms with van der Waals surface area (Å²) < 4.78 is 19.4. The molecule has 128 valence electrons. The predicted molar refractivity (Wildman–Crippen MR) is 89.8 cm³/mol. The summed E-state index contributed by atoms with van der Waals surface area (Å²) in [5.74, 6) is -1.22. The van der Waals surface area contributed by atoms with Crippen LogP contribution in [0.3, 0.4) is 0 Å². The van der Waals surface area contributed by atoms with Gasteiger partial charge in [0.2, 0.25) is 5.82 Å². The second kappa shape index (κ2) is 6.18. The van der Waals surface area contributed by atoms with E-state index >= 15 is 0 Å². The van der Waals surface area contributed by atoms with Crippen LogP contribution in [0.15, 0.2) is 39.5 Å². The molecule has 0 saturated carbocycles. The number of phenolic OH excluding ortho intramolecular Hbond substituents is 1. The highest BCUT2D eigenvalue weighted by Crippen LogP contribution is 2.31. The van der Waals surface area contributed by atoms with Crippen molar-refractivity contribution in [3.8, 4) is 5.75 Å². The predicted octanol–water partition coefficient (Wildman–Crippen LogP) is 4.10. The van der Waals surface area contributed by atoms with Crippen molar-refractivity contribution < 1.29 is 18.8 Å². The van der Waals surface area contributed by atoms with Gasteiger partial charge in [-0.2, -0.15) is 4.39 Å². The van der Waals surface area contributed by atoms with Crippen LogP contribution in [0.2, 0.25) is 5.02 Å². The van der Waals surface area contributed by atoms with Crippen molar-refractivity contribution in [2.75, 3.05) is 0 Å². The standard InChI is InChI=1S/C17H11ClFNO5/c1-8-10-6-12(18)14(21)7-15(10)25-17(22)11(8)5-9-3-2-4-13(16(9)19)20(23)24/h2-4,6-7,21H,5H2,1H3. The molecule has 0 fully saturated rings. The Morgan fingerprint density at radius 3 is 2.76 bits per heavy atom. The van der Waals surface area contributed by atoms with E-state index in [2.05, 4.69) is 0 Å². The summed E-state index contributed by atoms with van der Waals surface area (Å²) in [4.78, 5) is 22.3. The number of hydrogen-bond acceptors (Lipinski definition) is 5. The number of aryl methyl sites for hydroxylation is 1. The van der Waals surface area contributed by atoms with Crippen LogP contribution < -0.4 is 5.63 Å². The van der Waals surface area contributed by atoms with E-state index in [0.29, 0.717) is 10.9 Å². The second-order valence-electron chi connectivity index (χ2n) is 5.48. The molecule has 8 heteroatoms. The Balaban J connectivity index is 2.17. The van der Waals surface area contributed by atoms with Gasteiger partial charge in [0.05, 0.1) is 9.95 Å². The first-order chi connectivity index (χ1) is 11.8. The Morgan fingerprint density at radius 1 is 1.36 bits per heavy atom. The van der Waals surface area contributed by atoms with Crippen molar-refractivity contribution >= 4 is 28.3 Å². The highest BCUT2D eigenvalue weighted by atomic mass is 35.5. The van der Waals surface area contributed by atoms with Gasteiger partial charge in [-0.1, -0.05) is 23.7 Å². The van der Waals surface area contributed by atoms with Crippen molar-refractivity contribution in [1.29, 1.82) is 0 Å². The number of benzene rings is 2. The van der Waals surface area contributed by atoms with Crippen LogP contribution in [0.5, 0.6) is 5.75 Å². The van der Waals surface area contributed by atoms with E-state index in [-0.39, 0.29) is 33.9 Å². The molecule has 1 N–H and O–H groups in total. The Hall–Kier alpha value is -2.93. The quantitative estimate of drug-likeness (QED) is 0.429. The fourth-order valence-corrected chi connectivity index (χ4v) is 2.80. The maximum absolute atomic E-state index is 14.3. The molecule has 0 radical (unpaired) electrons. The van der Waals surface area contributed by atoms with Gasteiger partial charge in [0.15, 0.2) is 0 Å². The van der Waals surface area contributed by atoms with E-state index in [1.807, 2.05) is 0 Å². The molecule has 0 bridgehead atoms. The number of nitro groups is 1. The van der Waals surface area contributed by atoms with Gasteiger partial charge in [-0.25, -0.2) is 4.79 Å². The largest absolute Gasteiger partial charge is 0.506 e. The third-order valence-electron chi connectivity index (χ3n) is 3.98. The maximum Gasteiger partial charge on any atom is 0.340 e. The Bertz CT molecular complexity index is 1080. The number of nitrogens with zero attached hydrogens (tertiary/aromatic N) is 1. The third-order valence-corrected chi connectivity index (χ3v) is 4.28. The van der Waals surface area contributed by atoms with Crippen LogP contribution in [0.25, 0.3) is 11.0 Å². The molecule has 0 aliphatic heterocycles. The van der Waals surface area contributed by atoms with E-state index in [0.717, 1.165) is 6.07 Å². The Morgan fingerprint density at radius 2 is 2.08 bits per heavy atom. The topological polar surface area (TPSA) is 93.6 Å². The summed E-state index contributed by atoms with van der Waals surface area (Å²) in [5.41, 5.74) is -0.555. The Kier molecular flexibility index (Phi) is 4.18. The molecule has 6 nitrogen and oxygen atoms in total. The highest BCUT2D eigenvalue weighted by molar-refractivity contribution is 6.32. The lowest BCUT2D eigenvalue weighted by Gasteiger charge is -2.09. The number of fused-ring (bicyclic) bond motifs is 1. The van der Waals surface area contributed by atoms with Gasteiger partial charge in [-0.3, -0.25) is 10.1 Å². The van der Waals surface area contributed by atoms with Crippen molar-refractivity contribution in [3.05, 3.63) is 78.4 Å². The lowest BCUT2D eigenvalue weighted by Crippen LogP contribution is -2.12. The normalized spacial score (nSPS) is 11.0. The number of aromatic hydroxyl groups is 1. The van der Waals surface area contributed by atoms with E-state index < -0.39 is 22.1 Å². The number of rotatable bonds is 3. The second-order valence-corrected chi connectivity index (χ2v) is 5.88. The molecule has 25 heavy (non-hydrogen) atoms. The molecule has 3 rings (SSSR count). The molecule has 0 spiro atoms. The first-order valence-electron chi connectivity index (χ1n) is 7.16. The molecular weight excluding hydrogens is 353 g/mol. The van der Waals surface area contributed by atoms with E-state index in [9.17, 15) is 24.4 Å². The van der Waals surface area contributed by atoms with Crippen molar-refractivity contribution in [1.82, 2.24) is 0 Å². The maximum atomic E-state index is 14.3. The Labute approximate surface area is 145 Å². The smallest absolute Gasteiger partial charge is 0.340 e. The van der Waals surface area contributed by atoms with Gasteiger partial charge >= 0.3 is 11.3 Å². The fraction of sp³-hybridized carbons (Fsp3) is 0.118.